The smallest absolute Gasteiger partial charge is 0.250 e. The van der Waals surface area contributed by atoms with Gasteiger partial charge in [0.1, 0.15) is 42.0 Å². The Kier molecular flexibility index (Phi) is 11.6. The topological polar surface area (TPSA) is 103 Å². The van der Waals surface area contributed by atoms with Crippen LogP contribution in [0.15, 0.2) is 36.1 Å². The number of rotatable bonds is 12. The molecule has 0 saturated carbocycles. The zero-order valence-corrected chi connectivity index (χ0v) is 26.5. The predicted molar refractivity (Wildman–Crippen MR) is 151 cm³/mol. The highest BCUT2D eigenvalue weighted by Crippen LogP contribution is 2.40. The Labute approximate surface area is 239 Å². The second-order valence-electron chi connectivity index (χ2n) is 11.7. The lowest BCUT2D eigenvalue weighted by atomic mass is 9.99. The van der Waals surface area contributed by atoms with Gasteiger partial charge in [0, 0.05) is 27.4 Å². The monoisotopic (exact) mass is 584 g/mol. The quantitative estimate of drug-likeness (QED) is 0.363. The Morgan fingerprint density at radius 1 is 0.950 bits per heavy atom. The van der Waals surface area contributed by atoms with Crippen LogP contribution in [0.5, 0.6) is 5.75 Å². The fraction of sp³-hybridized carbons (Fsp3) is 0.724. The molecule has 0 spiro atoms. The van der Waals surface area contributed by atoms with Gasteiger partial charge in [0.05, 0.1) is 26.4 Å². The molecule has 228 valence electrons. The molecule has 0 amide bonds. The summed E-state index contributed by atoms with van der Waals surface area (Å²) in [6, 6.07) is 7.72. The largest absolute Gasteiger partial charge is 0.545 e. The number of methoxy groups -OCH3 is 4. The number of aliphatic hydroxyl groups excluding tert-OH is 1. The van der Waals surface area contributed by atoms with E-state index >= 15 is 0 Å². The molecule has 0 bridgehead atoms. The van der Waals surface area contributed by atoms with Crippen LogP contribution in [0.3, 0.4) is 0 Å². The summed E-state index contributed by atoms with van der Waals surface area (Å²) in [5, 5.41) is 11.0. The van der Waals surface area contributed by atoms with E-state index in [4.69, 9.17) is 42.3 Å². The Balaban J connectivity index is 1.90. The number of ether oxygens (including phenoxy) is 8. The summed E-state index contributed by atoms with van der Waals surface area (Å²) >= 11 is 0. The molecule has 2 heterocycles. The van der Waals surface area contributed by atoms with E-state index in [0.717, 1.165) is 11.3 Å². The molecule has 1 N–H and O–H groups in total. The molecule has 0 radical (unpaired) electrons. The van der Waals surface area contributed by atoms with Gasteiger partial charge in [0.2, 0.25) is 8.32 Å². The zero-order chi connectivity index (χ0) is 29.7. The first-order chi connectivity index (χ1) is 18.8. The lowest BCUT2D eigenvalue weighted by Crippen LogP contribution is -2.60. The molecule has 0 aromatic heterocycles. The van der Waals surface area contributed by atoms with Crippen molar-refractivity contribution >= 4 is 8.32 Å². The number of benzene rings is 1. The molecule has 3 rings (SSSR count). The maximum atomic E-state index is 11.1. The SMILES string of the molecule is COC[C@H]1O[C@@H](O[C@H]2[C@H](O)[C@@H](OC)[C@@H](OC)O[C@@H]2C)C=C(O[Si](C)(C)C(C)(C)C)[C@@H]1OCc1ccc(OC)cc1. The molecule has 10 nitrogen and oxygen atoms in total. The molecule has 1 aromatic carbocycles. The third-order valence-electron chi connectivity index (χ3n) is 7.87. The molecule has 0 aliphatic carbocycles. The Morgan fingerprint density at radius 2 is 1.62 bits per heavy atom. The van der Waals surface area contributed by atoms with Crippen molar-refractivity contribution in [2.45, 2.75) is 102 Å². The first-order valence-electron chi connectivity index (χ1n) is 13.7. The van der Waals surface area contributed by atoms with Crippen LogP contribution in [-0.4, -0.2) is 97.7 Å². The van der Waals surface area contributed by atoms with Crippen molar-refractivity contribution in [3.05, 3.63) is 41.7 Å². The van der Waals surface area contributed by atoms with Gasteiger partial charge in [-0.2, -0.15) is 0 Å². The maximum absolute atomic E-state index is 11.1. The van der Waals surface area contributed by atoms with Gasteiger partial charge in [0.15, 0.2) is 12.6 Å². The highest BCUT2D eigenvalue weighted by Gasteiger charge is 2.48. The molecule has 2 aliphatic heterocycles. The third-order valence-corrected chi connectivity index (χ3v) is 12.2. The Bertz CT molecular complexity index is 947. The van der Waals surface area contributed by atoms with Crippen molar-refractivity contribution in [1.82, 2.24) is 0 Å². The summed E-state index contributed by atoms with van der Waals surface area (Å²) in [5.41, 5.74) is 0.983. The van der Waals surface area contributed by atoms with Gasteiger partial charge < -0.3 is 47.4 Å². The van der Waals surface area contributed by atoms with Gasteiger partial charge in [0.25, 0.3) is 0 Å². The van der Waals surface area contributed by atoms with E-state index in [1.807, 2.05) is 31.2 Å². The molecule has 40 heavy (non-hydrogen) atoms. The van der Waals surface area contributed by atoms with Gasteiger partial charge >= 0.3 is 0 Å². The van der Waals surface area contributed by atoms with Crippen LogP contribution < -0.4 is 4.74 Å². The van der Waals surface area contributed by atoms with E-state index in [0.29, 0.717) is 12.4 Å². The minimum atomic E-state index is -2.27. The fourth-order valence-corrected chi connectivity index (χ4v) is 5.55. The second kappa shape index (κ2) is 14.1. The molecular weight excluding hydrogens is 536 g/mol. The molecular formula is C29H48O10Si. The van der Waals surface area contributed by atoms with Crippen LogP contribution in [0.25, 0.3) is 0 Å². The van der Waals surface area contributed by atoms with E-state index in [2.05, 4.69) is 33.9 Å². The summed E-state index contributed by atoms with van der Waals surface area (Å²) in [7, 11) is 3.98. The molecule has 1 fully saturated rings. The lowest BCUT2D eigenvalue weighted by Gasteiger charge is -2.45. The van der Waals surface area contributed by atoms with Crippen LogP contribution in [0.4, 0.5) is 0 Å². The van der Waals surface area contributed by atoms with Gasteiger partial charge in [-0.3, -0.25) is 0 Å². The summed E-state index contributed by atoms with van der Waals surface area (Å²) in [4.78, 5) is 0. The van der Waals surface area contributed by atoms with Gasteiger partial charge in [-0.25, -0.2) is 0 Å². The Morgan fingerprint density at radius 3 is 2.17 bits per heavy atom. The first-order valence-corrected chi connectivity index (χ1v) is 16.6. The number of hydrogen-bond donors (Lipinski definition) is 1. The molecule has 0 unspecified atom stereocenters. The average molecular weight is 585 g/mol. The highest BCUT2D eigenvalue weighted by atomic mass is 28.4. The molecule has 11 heteroatoms. The standard InChI is InChI=1S/C29H48O10Si/c1-18-25(24(30)27(33-7)28(34-8)36-18)38-23-15-21(39-40(9,10)29(2,3)4)26(22(37-23)17-31-5)35-16-19-11-13-20(32-6)14-12-19/h11-15,18,22-28,30H,16-17H2,1-10H3/t18-,22-,23+,24+,25-,26+,27-,28+/m1/s1. The minimum absolute atomic E-state index is 0.0530. The van der Waals surface area contributed by atoms with Crippen molar-refractivity contribution in [2.24, 2.45) is 0 Å². The van der Waals surface area contributed by atoms with E-state index in [1.54, 1.807) is 20.3 Å². The summed E-state index contributed by atoms with van der Waals surface area (Å²) in [6.07, 6.45) is -3.79. The summed E-state index contributed by atoms with van der Waals surface area (Å²) < 4.78 is 53.5. The number of hydrogen-bond acceptors (Lipinski definition) is 10. The zero-order valence-electron chi connectivity index (χ0n) is 25.5. The lowest BCUT2D eigenvalue weighted by molar-refractivity contribution is -0.321. The number of aliphatic hydroxyl groups is 1. The highest BCUT2D eigenvalue weighted by molar-refractivity contribution is 6.74. The van der Waals surface area contributed by atoms with Crippen molar-refractivity contribution in [3.8, 4) is 5.75 Å². The van der Waals surface area contributed by atoms with Crippen LogP contribution >= 0.6 is 0 Å². The van der Waals surface area contributed by atoms with Crippen molar-refractivity contribution < 1.29 is 47.4 Å². The third kappa shape index (κ3) is 7.84. The Hall–Kier alpha value is -1.54. The molecule has 8 atom stereocenters. The molecule has 1 saturated heterocycles. The van der Waals surface area contributed by atoms with Gasteiger partial charge in [-0.05, 0) is 42.8 Å². The van der Waals surface area contributed by atoms with Crippen molar-refractivity contribution in [3.63, 3.8) is 0 Å². The van der Waals surface area contributed by atoms with Gasteiger partial charge in [-0.1, -0.05) is 32.9 Å². The van der Waals surface area contributed by atoms with Gasteiger partial charge in [-0.15, -0.1) is 0 Å². The fourth-order valence-electron chi connectivity index (χ4n) is 4.47. The van der Waals surface area contributed by atoms with Crippen molar-refractivity contribution in [2.75, 3.05) is 35.0 Å². The van der Waals surface area contributed by atoms with E-state index in [1.165, 1.54) is 14.2 Å². The summed E-state index contributed by atoms with van der Waals surface area (Å²) in [5.74, 6) is 1.41. The first kappa shape index (κ1) is 33.0. The predicted octanol–water partition coefficient (Wildman–Crippen LogP) is 4.01. The van der Waals surface area contributed by atoms with Crippen LogP contribution in [0.1, 0.15) is 33.3 Å². The second-order valence-corrected chi connectivity index (χ2v) is 16.5. The van der Waals surface area contributed by atoms with Crippen LogP contribution in [0.2, 0.25) is 18.1 Å². The minimum Gasteiger partial charge on any atom is -0.545 e. The normalized spacial score (nSPS) is 31.5. The maximum Gasteiger partial charge on any atom is 0.250 e. The van der Waals surface area contributed by atoms with E-state index in [-0.39, 0.29) is 11.6 Å². The summed E-state index contributed by atoms with van der Waals surface area (Å²) in [6.45, 7) is 13.3. The van der Waals surface area contributed by atoms with Crippen molar-refractivity contribution in [1.29, 1.82) is 0 Å². The molecule has 2 aliphatic rings. The van der Waals surface area contributed by atoms with E-state index in [9.17, 15) is 5.11 Å². The van der Waals surface area contributed by atoms with Crippen LogP contribution in [-0.2, 0) is 44.2 Å². The van der Waals surface area contributed by atoms with E-state index < -0.39 is 57.5 Å². The van der Waals surface area contributed by atoms with Crippen LogP contribution in [0, 0.1) is 0 Å². The molecule has 1 aromatic rings. The average Bonchev–Trinajstić information content (AvgIpc) is 2.90.